The van der Waals surface area contributed by atoms with Gasteiger partial charge in [0.2, 0.25) is 0 Å². The topological polar surface area (TPSA) is 57.5 Å². The number of aromatic carboxylic acids is 1. The van der Waals surface area contributed by atoms with Gasteiger partial charge in [-0.05, 0) is 40.7 Å². The maximum atomic E-state index is 10.7. The predicted molar refractivity (Wildman–Crippen MR) is 77.3 cm³/mol. The summed E-state index contributed by atoms with van der Waals surface area (Å²) >= 11 is 1.73. The SMILES string of the molecule is CC1CC(O)=CC=C1SCc1ccc(C(=O)O)cc1. The Morgan fingerprint density at radius 3 is 2.58 bits per heavy atom. The van der Waals surface area contributed by atoms with E-state index in [9.17, 15) is 9.90 Å². The normalized spacial score (nSPS) is 18.7. The highest BCUT2D eigenvalue weighted by Crippen LogP contribution is 2.33. The summed E-state index contributed by atoms with van der Waals surface area (Å²) in [5, 5.41) is 18.2. The second kappa shape index (κ2) is 5.97. The lowest BCUT2D eigenvalue weighted by molar-refractivity contribution is 0.0697. The molecule has 19 heavy (non-hydrogen) atoms. The molecule has 1 aromatic rings. The summed E-state index contributed by atoms with van der Waals surface area (Å²) in [4.78, 5) is 12.0. The van der Waals surface area contributed by atoms with E-state index in [2.05, 4.69) is 6.92 Å². The molecule has 2 N–H and O–H groups in total. The van der Waals surface area contributed by atoms with Crippen molar-refractivity contribution in [2.75, 3.05) is 0 Å². The molecule has 0 radical (unpaired) electrons. The zero-order valence-corrected chi connectivity index (χ0v) is 11.5. The van der Waals surface area contributed by atoms with Gasteiger partial charge in [0.25, 0.3) is 0 Å². The highest BCUT2D eigenvalue weighted by Gasteiger charge is 2.15. The average Bonchev–Trinajstić information content (AvgIpc) is 2.38. The number of carbonyl (C=O) groups is 1. The van der Waals surface area contributed by atoms with Crippen molar-refractivity contribution >= 4 is 17.7 Å². The van der Waals surface area contributed by atoms with Gasteiger partial charge in [0.15, 0.2) is 0 Å². The zero-order valence-electron chi connectivity index (χ0n) is 10.7. The van der Waals surface area contributed by atoms with Crippen LogP contribution in [0, 0.1) is 5.92 Å². The maximum absolute atomic E-state index is 10.7. The van der Waals surface area contributed by atoms with Gasteiger partial charge in [0, 0.05) is 12.2 Å². The van der Waals surface area contributed by atoms with Crippen molar-refractivity contribution in [1.82, 2.24) is 0 Å². The molecule has 0 spiro atoms. The van der Waals surface area contributed by atoms with Crippen LogP contribution in [0.2, 0.25) is 0 Å². The van der Waals surface area contributed by atoms with E-state index in [1.165, 1.54) is 4.91 Å². The van der Waals surface area contributed by atoms with E-state index in [0.29, 0.717) is 23.7 Å². The molecule has 0 saturated heterocycles. The van der Waals surface area contributed by atoms with Crippen LogP contribution in [0.5, 0.6) is 0 Å². The standard InChI is InChI=1S/C15H16O3S/c1-10-8-13(16)6-7-14(10)19-9-11-2-4-12(5-3-11)15(17)18/h2-7,10,16H,8-9H2,1H3,(H,17,18). The Hall–Kier alpha value is -1.68. The quantitative estimate of drug-likeness (QED) is 0.873. The molecule has 1 atom stereocenters. The van der Waals surface area contributed by atoms with Crippen molar-refractivity contribution in [3.8, 4) is 0 Å². The third-order valence-electron chi connectivity index (χ3n) is 3.05. The molecule has 4 heteroatoms. The van der Waals surface area contributed by atoms with Gasteiger partial charge in [-0.1, -0.05) is 19.1 Å². The number of benzene rings is 1. The summed E-state index contributed by atoms with van der Waals surface area (Å²) in [6.07, 6.45) is 4.40. The number of rotatable bonds is 4. The molecule has 1 aliphatic rings. The van der Waals surface area contributed by atoms with Gasteiger partial charge >= 0.3 is 5.97 Å². The summed E-state index contributed by atoms with van der Waals surface area (Å²) < 4.78 is 0. The van der Waals surface area contributed by atoms with Gasteiger partial charge in [-0.25, -0.2) is 4.79 Å². The predicted octanol–water partition coefficient (Wildman–Crippen LogP) is 3.98. The molecular weight excluding hydrogens is 260 g/mol. The number of aliphatic hydroxyl groups excluding tert-OH is 1. The van der Waals surface area contributed by atoms with E-state index in [4.69, 9.17) is 5.11 Å². The van der Waals surface area contributed by atoms with Crippen LogP contribution in [-0.4, -0.2) is 16.2 Å². The molecule has 0 amide bonds. The van der Waals surface area contributed by atoms with Crippen molar-refractivity contribution in [2.45, 2.75) is 19.1 Å². The van der Waals surface area contributed by atoms with E-state index in [1.54, 1.807) is 30.0 Å². The minimum Gasteiger partial charge on any atom is -0.512 e. The Labute approximate surface area is 116 Å². The molecule has 0 heterocycles. The number of hydrogen-bond donors (Lipinski definition) is 2. The lowest BCUT2D eigenvalue weighted by atomic mass is 10.0. The molecule has 0 bridgehead atoms. The minimum atomic E-state index is -0.900. The third kappa shape index (κ3) is 3.64. The second-order valence-corrected chi connectivity index (χ2v) is 5.67. The summed E-state index contributed by atoms with van der Waals surface area (Å²) in [6, 6.07) is 6.95. The van der Waals surface area contributed by atoms with Gasteiger partial charge in [0.1, 0.15) is 0 Å². The van der Waals surface area contributed by atoms with E-state index < -0.39 is 5.97 Å². The van der Waals surface area contributed by atoms with Crippen molar-refractivity contribution in [3.05, 3.63) is 58.2 Å². The smallest absolute Gasteiger partial charge is 0.335 e. The first kappa shape index (κ1) is 13.7. The molecule has 0 aromatic heterocycles. The van der Waals surface area contributed by atoms with Crippen molar-refractivity contribution < 1.29 is 15.0 Å². The van der Waals surface area contributed by atoms with Gasteiger partial charge in [-0.3, -0.25) is 0 Å². The fourth-order valence-electron chi connectivity index (χ4n) is 1.93. The first-order valence-electron chi connectivity index (χ1n) is 6.11. The van der Waals surface area contributed by atoms with Crippen LogP contribution in [0.1, 0.15) is 29.3 Å². The summed E-state index contributed by atoms with van der Waals surface area (Å²) in [6.45, 7) is 2.09. The van der Waals surface area contributed by atoms with Gasteiger partial charge < -0.3 is 10.2 Å². The number of allylic oxidation sites excluding steroid dienone is 4. The van der Waals surface area contributed by atoms with E-state index >= 15 is 0 Å². The first-order valence-corrected chi connectivity index (χ1v) is 7.09. The van der Waals surface area contributed by atoms with Crippen molar-refractivity contribution in [3.63, 3.8) is 0 Å². The minimum absolute atomic E-state index is 0.312. The van der Waals surface area contributed by atoms with E-state index in [-0.39, 0.29) is 0 Å². The Morgan fingerprint density at radius 1 is 1.32 bits per heavy atom. The Balaban J connectivity index is 1.97. The van der Waals surface area contributed by atoms with Crippen LogP contribution in [0.3, 0.4) is 0 Å². The third-order valence-corrected chi connectivity index (χ3v) is 4.40. The second-order valence-electron chi connectivity index (χ2n) is 4.62. The first-order chi connectivity index (χ1) is 9.06. The highest BCUT2D eigenvalue weighted by molar-refractivity contribution is 8.02. The fraction of sp³-hybridized carbons (Fsp3) is 0.267. The molecule has 1 aliphatic carbocycles. The van der Waals surface area contributed by atoms with Crippen LogP contribution >= 0.6 is 11.8 Å². The lowest BCUT2D eigenvalue weighted by Crippen LogP contribution is -2.03. The molecule has 0 saturated carbocycles. The highest BCUT2D eigenvalue weighted by atomic mass is 32.2. The van der Waals surface area contributed by atoms with Gasteiger partial charge in [-0.15, -0.1) is 11.8 Å². The molecule has 3 nitrogen and oxygen atoms in total. The summed E-state index contributed by atoms with van der Waals surface area (Å²) in [5.74, 6) is 0.685. The average molecular weight is 276 g/mol. The molecule has 2 rings (SSSR count). The Bertz CT molecular complexity index is 529. The van der Waals surface area contributed by atoms with Gasteiger partial charge in [0.05, 0.1) is 11.3 Å². The number of aliphatic hydroxyl groups is 1. The number of thioether (sulfide) groups is 1. The molecule has 0 aliphatic heterocycles. The van der Waals surface area contributed by atoms with Crippen LogP contribution in [0.25, 0.3) is 0 Å². The molecule has 0 fully saturated rings. The fourth-order valence-corrected chi connectivity index (χ4v) is 2.98. The van der Waals surface area contributed by atoms with E-state index in [0.717, 1.165) is 11.3 Å². The zero-order chi connectivity index (χ0) is 13.8. The van der Waals surface area contributed by atoms with Crippen LogP contribution < -0.4 is 0 Å². The number of hydrogen-bond acceptors (Lipinski definition) is 3. The van der Waals surface area contributed by atoms with Crippen LogP contribution in [0.4, 0.5) is 0 Å². The van der Waals surface area contributed by atoms with Crippen LogP contribution in [0.15, 0.2) is 47.1 Å². The number of carboxylic acid groups (broad SMARTS) is 1. The molecule has 1 aromatic carbocycles. The van der Waals surface area contributed by atoms with Crippen molar-refractivity contribution in [2.24, 2.45) is 5.92 Å². The maximum Gasteiger partial charge on any atom is 0.335 e. The summed E-state index contributed by atoms with van der Waals surface area (Å²) in [5.41, 5.74) is 1.41. The van der Waals surface area contributed by atoms with E-state index in [1.807, 2.05) is 18.2 Å². The van der Waals surface area contributed by atoms with Gasteiger partial charge in [-0.2, -0.15) is 0 Å². The number of carboxylic acids is 1. The Morgan fingerprint density at radius 2 is 2.00 bits per heavy atom. The molecular formula is C15H16O3S. The monoisotopic (exact) mass is 276 g/mol. The lowest BCUT2D eigenvalue weighted by Gasteiger charge is -2.18. The Kier molecular flexibility index (Phi) is 4.32. The largest absolute Gasteiger partial charge is 0.512 e. The van der Waals surface area contributed by atoms with Crippen LogP contribution in [-0.2, 0) is 5.75 Å². The van der Waals surface area contributed by atoms with Crippen molar-refractivity contribution in [1.29, 1.82) is 0 Å². The molecule has 1 unspecified atom stereocenters. The summed E-state index contributed by atoms with van der Waals surface area (Å²) in [7, 11) is 0. The molecule has 100 valence electrons.